The van der Waals surface area contributed by atoms with Crippen molar-refractivity contribution in [3.63, 3.8) is 0 Å². The first-order valence-electron chi connectivity index (χ1n) is 11.4. The number of aromatic amines is 1. The van der Waals surface area contributed by atoms with Crippen LogP contribution in [0.25, 0.3) is 0 Å². The molecule has 0 spiro atoms. The summed E-state index contributed by atoms with van der Waals surface area (Å²) in [6, 6.07) is 13.9. The average molecular weight is 432 g/mol. The van der Waals surface area contributed by atoms with Crippen LogP contribution in [0.4, 0.5) is 0 Å². The molecule has 2 aromatic heterocycles. The molecule has 2 aliphatic rings. The number of pyridine rings is 1. The van der Waals surface area contributed by atoms with Gasteiger partial charge in [-0.1, -0.05) is 24.3 Å². The molecule has 0 aliphatic carbocycles. The third kappa shape index (κ3) is 4.53. The van der Waals surface area contributed by atoms with Crippen LogP contribution in [0.1, 0.15) is 35.8 Å². The fraction of sp³-hybridized carbons (Fsp3) is 0.400. The first-order chi connectivity index (χ1) is 15.8. The van der Waals surface area contributed by atoms with E-state index in [1.54, 1.807) is 0 Å². The van der Waals surface area contributed by atoms with Crippen LogP contribution in [0.15, 0.2) is 61.2 Å². The molecular formula is C25H29N5O2. The fourth-order valence-electron chi connectivity index (χ4n) is 5.00. The van der Waals surface area contributed by atoms with Gasteiger partial charge in [-0.3, -0.25) is 14.7 Å². The molecule has 32 heavy (non-hydrogen) atoms. The number of carbonyl (C=O) groups excluding carboxylic acids is 1. The molecule has 1 unspecified atom stereocenters. The quantitative estimate of drug-likeness (QED) is 0.649. The highest BCUT2D eigenvalue weighted by Crippen LogP contribution is 2.39. The van der Waals surface area contributed by atoms with Gasteiger partial charge in [0.15, 0.2) is 6.61 Å². The highest BCUT2D eigenvalue weighted by molar-refractivity contribution is 5.77. The van der Waals surface area contributed by atoms with Crippen molar-refractivity contribution in [1.29, 1.82) is 0 Å². The maximum atomic E-state index is 12.7. The Bertz CT molecular complexity index is 1020. The number of hydrogen-bond donors (Lipinski definition) is 1. The molecule has 1 amide bonds. The van der Waals surface area contributed by atoms with E-state index in [1.807, 2.05) is 60.0 Å². The topological polar surface area (TPSA) is 74.3 Å². The zero-order chi connectivity index (χ0) is 21.8. The van der Waals surface area contributed by atoms with Crippen LogP contribution in [0.3, 0.4) is 0 Å². The second-order valence-electron chi connectivity index (χ2n) is 8.61. The smallest absolute Gasteiger partial charge is 0.260 e. The van der Waals surface area contributed by atoms with Crippen LogP contribution in [0.5, 0.6) is 5.75 Å². The Morgan fingerprint density at radius 1 is 1.09 bits per heavy atom. The largest absolute Gasteiger partial charge is 0.484 e. The van der Waals surface area contributed by atoms with E-state index in [1.165, 1.54) is 17.0 Å². The van der Waals surface area contributed by atoms with Gasteiger partial charge in [-0.05, 0) is 42.5 Å². The van der Waals surface area contributed by atoms with Crippen LogP contribution in [0, 0.1) is 5.92 Å². The third-order valence-corrected chi connectivity index (χ3v) is 6.63. The lowest BCUT2D eigenvalue weighted by Crippen LogP contribution is -2.46. The van der Waals surface area contributed by atoms with Gasteiger partial charge in [0.1, 0.15) is 5.75 Å². The Labute approximate surface area is 188 Å². The van der Waals surface area contributed by atoms with Crippen LogP contribution in [0.2, 0.25) is 0 Å². The van der Waals surface area contributed by atoms with Gasteiger partial charge in [-0.15, -0.1) is 0 Å². The number of hydrogen-bond acceptors (Lipinski definition) is 5. The van der Waals surface area contributed by atoms with Gasteiger partial charge in [0.25, 0.3) is 5.91 Å². The number of carbonyl (C=O) groups is 1. The lowest BCUT2D eigenvalue weighted by molar-refractivity contribution is -0.135. The molecule has 0 bridgehead atoms. The zero-order valence-electron chi connectivity index (χ0n) is 18.2. The van der Waals surface area contributed by atoms with Crippen LogP contribution in [-0.4, -0.2) is 56.9 Å². The minimum atomic E-state index is 0.0589. The number of benzene rings is 1. The molecule has 1 saturated heterocycles. The van der Waals surface area contributed by atoms with Gasteiger partial charge in [-0.2, -0.15) is 0 Å². The van der Waals surface area contributed by atoms with E-state index in [0.717, 1.165) is 51.2 Å². The lowest BCUT2D eigenvalue weighted by Gasteiger charge is -2.43. The summed E-state index contributed by atoms with van der Waals surface area (Å²) < 4.78 is 5.66. The Kier molecular flexibility index (Phi) is 6.16. The van der Waals surface area contributed by atoms with Gasteiger partial charge in [0.2, 0.25) is 0 Å². The highest BCUT2D eigenvalue weighted by Gasteiger charge is 2.37. The fourth-order valence-corrected chi connectivity index (χ4v) is 5.00. The molecule has 1 aromatic carbocycles. The van der Waals surface area contributed by atoms with Crippen molar-refractivity contribution in [1.82, 2.24) is 24.8 Å². The SMILES string of the molecule is O=C(COc1ccccc1)N1CCC(C2c3nc[nH]c3CCN2Cc2cccnc2)CC1. The molecular weight excluding hydrogens is 402 g/mol. The zero-order valence-corrected chi connectivity index (χ0v) is 18.2. The number of H-pyrrole nitrogens is 1. The molecule has 1 fully saturated rings. The molecule has 7 heteroatoms. The number of ether oxygens (including phenoxy) is 1. The minimum absolute atomic E-state index is 0.0589. The number of likely N-dealkylation sites (tertiary alicyclic amines) is 1. The van der Waals surface area contributed by atoms with Gasteiger partial charge in [0, 0.05) is 50.7 Å². The highest BCUT2D eigenvalue weighted by atomic mass is 16.5. The number of rotatable bonds is 6. The summed E-state index contributed by atoms with van der Waals surface area (Å²) in [4.78, 5) is 29.5. The number of amides is 1. The van der Waals surface area contributed by atoms with Gasteiger partial charge in [-0.25, -0.2) is 4.98 Å². The van der Waals surface area contributed by atoms with E-state index in [9.17, 15) is 4.79 Å². The van der Waals surface area contributed by atoms with Crippen LogP contribution in [-0.2, 0) is 17.8 Å². The van der Waals surface area contributed by atoms with Crippen LogP contribution >= 0.6 is 0 Å². The molecule has 2 aliphatic heterocycles. The van der Waals surface area contributed by atoms with Crippen molar-refractivity contribution in [3.05, 3.63) is 78.1 Å². The maximum Gasteiger partial charge on any atom is 0.260 e. The van der Waals surface area contributed by atoms with E-state index < -0.39 is 0 Å². The first-order valence-corrected chi connectivity index (χ1v) is 11.4. The van der Waals surface area contributed by atoms with Crippen molar-refractivity contribution in [2.45, 2.75) is 31.8 Å². The summed E-state index contributed by atoms with van der Waals surface area (Å²) in [5, 5.41) is 0. The van der Waals surface area contributed by atoms with Crippen molar-refractivity contribution >= 4 is 5.91 Å². The predicted molar refractivity (Wildman–Crippen MR) is 121 cm³/mol. The molecule has 4 heterocycles. The number of piperidine rings is 1. The molecule has 166 valence electrons. The Hall–Kier alpha value is -3.19. The summed E-state index contributed by atoms with van der Waals surface area (Å²) in [7, 11) is 0. The number of imidazole rings is 1. The normalized spacial score (nSPS) is 19.5. The van der Waals surface area contributed by atoms with E-state index in [2.05, 4.69) is 20.9 Å². The molecule has 0 radical (unpaired) electrons. The Morgan fingerprint density at radius 2 is 1.94 bits per heavy atom. The van der Waals surface area contributed by atoms with E-state index in [-0.39, 0.29) is 18.6 Å². The van der Waals surface area contributed by atoms with Crippen molar-refractivity contribution in [3.8, 4) is 5.75 Å². The van der Waals surface area contributed by atoms with Gasteiger partial charge < -0.3 is 14.6 Å². The number of para-hydroxylation sites is 1. The van der Waals surface area contributed by atoms with Crippen molar-refractivity contribution in [2.24, 2.45) is 5.92 Å². The van der Waals surface area contributed by atoms with Crippen LogP contribution < -0.4 is 4.74 Å². The average Bonchev–Trinajstić information content (AvgIpc) is 3.33. The number of fused-ring (bicyclic) bond motifs is 1. The third-order valence-electron chi connectivity index (χ3n) is 6.63. The number of nitrogens with zero attached hydrogens (tertiary/aromatic N) is 4. The van der Waals surface area contributed by atoms with Crippen molar-refractivity contribution in [2.75, 3.05) is 26.2 Å². The summed E-state index contributed by atoms with van der Waals surface area (Å²) in [5.41, 5.74) is 3.66. The molecule has 0 saturated carbocycles. The monoisotopic (exact) mass is 431 g/mol. The molecule has 3 aromatic rings. The van der Waals surface area contributed by atoms with Gasteiger partial charge >= 0.3 is 0 Å². The Morgan fingerprint density at radius 3 is 2.72 bits per heavy atom. The summed E-state index contributed by atoms with van der Waals surface area (Å²) in [5.74, 6) is 1.26. The number of aromatic nitrogens is 3. The lowest BCUT2D eigenvalue weighted by atomic mass is 9.83. The summed E-state index contributed by atoms with van der Waals surface area (Å²) in [6.45, 7) is 3.49. The van der Waals surface area contributed by atoms with E-state index in [0.29, 0.717) is 5.92 Å². The molecule has 7 nitrogen and oxygen atoms in total. The standard InChI is InChI=1S/C25H29N5O2/c31-23(17-32-21-6-2-1-3-7-21)29-12-8-20(9-13-29)25-24-22(27-18-28-24)10-14-30(25)16-19-5-4-11-26-15-19/h1-7,11,15,18,20,25H,8-10,12-14,16-17H2,(H,27,28). The molecule has 1 N–H and O–H groups in total. The van der Waals surface area contributed by atoms with E-state index >= 15 is 0 Å². The van der Waals surface area contributed by atoms with Crippen molar-refractivity contribution < 1.29 is 9.53 Å². The molecule has 1 atom stereocenters. The molecule has 5 rings (SSSR count). The second-order valence-corrected chi connectivity index (χ2v) is 8.61. The number of nitrogens with one attached hydrogen (secondary N) is 1. The minimum Gasteiger partial charge on any atom is -0.484 e. The predicted octanol–water partition coefficient (Wildman–Crippen LogP) is 3.22. The maximum absolute atomic E-state index is 12.7. The van der Waals surface area contributed by atoms with E-state index in [4.69, 9.17) is 9.72 Å². The summed E-state index contributed by atoms with van der Waals surface area (Å²) in [6.07, 6.45) is 8.52. The summed E-state index contributed by atoms with van der Waals surface area (Å²) >= 11 is 0. The second kappa shape index (κ2) is 9.53. The first kappa shape index (κ1) is 20.7. The Balaban J connectivity index is 1.23. The van der Waals surface area contributed by atoms with Gasteiger partial charge in [0.05, 0.1) is 18.1 Å².